The molecule has 2 aromatic carbocycles. The molecule has 0 aliphatic heterocycles. The number of fused-ring (bicyclic) bond motifs is 1. The Balaban J connectivity index is 2.23. The molecular weight excluding hydrogens is 427 g/mol. The number of methoxy groups -OCH3 is 1. The first-order valence-electron chi connectivity index (χ1n) is 8.01. The fraction of sp³-hybridized carbons (Fsp3) is 0.235. The second-order valence-corrected chi connectivity index (χ2v) is 10.6. The van der Waals surface area contributed by atoms with Gasteiger partial charge in [-0.2, -0.15) is 8.42 Å². The van der Waals surface area contributed by atoms with Gasteiger partial charge in [0.1, 0.15) is 5.82 Å². The van der Waals surface area contributed by atoms with Gasteiger partial charge in [0.05, 0.1) is 26.6 Å². The third kappa shape index (κ3) is 4.32. The monoisotopic (exact) mass is 444 g/mol. The van der Waals surface area contributed by atoms with Crippen LogP contribution in [-0.4, -0.2) is 41.4 Å². The van der Waals surface area contributed by atoms with Gasteiger partial charge in [0.25, 0.3) is 10.0 Å². The zero-order valence-electron chi connectivity index (χ0n) is 15.0. The number of nitrogens with zero attached hydrogens (tertiary/aromatic N) is 2. The van der Waals surface area contributed by atoms with Crippen LogP contribution >= 0.6 is 11.3 Å². The lowest BCUT2D eigenvalue weighted by atomic mass is 10.3. The average Bonchev–Trinajstić information content (AvgIpc) is 2.95. The first kappa shape index (κ1) is 20.6. The molecule has 0 aliphatic carbocycles. The van der Waals surface area contributed by atoms with Crippen LogP contribution in [0.4, 0.5) is 4.39 Å². The Morgan fingerprint density at radius 2 is 1.71 bits per heavy atom. The smallest absolute Gasteiger partial charge is 0.285 e. The van der Waals surface area contributed by atoms with Crippen LogP contribution in [0.1, 0.15) is 0 Å². The van der Waals surface area contributed by atoms with Crippen molar-refractivity contribution in [2.45, 2.75) is 16.3 Å². The molecule has 3 aromatic rings. The normalized spacial score (nSPS) is 13.3. The minimum atomic E-state index is -4.07. The Kier molecular flexibility index (Phi) is 5.71. The summed E-state index contributed by atoms with van der Waals surface area (Å²) in [7, 11) is -5.97. The zero-order valence-corrected chi connectivity index (χ0v) is 17.4. The summed E-state index contributed by atoms with van der Waals surface area (Å²) < 4.78 is 73.2. The topological polar surface area (TPSA) is 94.8 Å². The number of sulfonamides is 1. The van der Waals surface area contributed by atoms with E-state index in [1.165, 1.54) is 19.2 Å². The maximum Gasteiger partial charge on any atom is 0.285 e. The highest BCUT2D eigenvalue weighted by Crippen LogP contribution is 2.22. The highest BCUT2D eigenvalue weighted by atomic mass is 32.2. The van der Waals surface area contributed by atoms with Crippen molar-refractivity contribution in [1.29, 1.82) is 0 Å². The summed E-state index contributed by atoms with van der Waals surface area (Å²) in [4.78, 5) is 0.164. The van der Waals surface area contributed by atoms with Crippen LogP contribution in [0.2, 0.25) is 0 Å². The van der Waals surface area contributed by atoms with Crippen molar-refractivity contribution in [3.05, 3.63) is 53.1 Å². The van der Waals surface area contributed by atoms with Crippen LogP contribution in [0, 0.1) is 5.82 Å². The molecule has 3 rings (SSSR count). The summed E-state index contributed by atoms with van der Waals surface area (Å²) in [6.07, 6.45) is 1.10. The van der Waals surface area contributed by atoms with Crippen LogP contribution in [0.25, 0.3) is 10.2 Å². The van der Waals surface area contributed by atoms with Gasteiger partial charge in [0.2, 0.25) is 4.80 Å². The van der Waals surface area contributed by atoms with Gasteiger partial charge in [-0.25, -0.2) is 12.8 Å². The van der Waals surface area contributed by atoms with Gasteiger partial charge >= 0.3 is 0 Å². The molecule has 28 heavy (non-hydrogen) atoms. The van der Waals surface area contributed by atoms with E-state index in [0.29, 0.717) is 23.4 Å². The third-order valence-corrected chi connectivity index (χ3v) is 7.46. The van der Waals surface area contributed by atoms with Gasteiger partial charge in [0, 0.05) is 19.9 Å². The molecule has 0 N–H and O–H groups in total. The fourth-order valence-corrected chi connectivity index (χ4v) is 5.54. The average molecular weight is 445 g/mol. The Hall–Kier alpha value is -2.08. The summed E-state index contributed by atoms with van der Waals surface area (Å²) in [5.74, 6) is -0.552. The van der Waals surface area contributed by atoms with Crippen LogP contribution in [0.3, 0.4) is 0 Å². The van der Waals surface area contributed by atoms with Gasteiger partial charge in [0.15, 0.2) is 9.84 Å². The molecule has 0 radical (unpaired) electrons. The van der Waals surface area contributed by atoms with Crippen molar-refractivity contribution >= 4 is 41.4 Å². The third-order valence-electron chi connectivity index (χ3n) is 3.91. The Morgan fingerprint density at radius 3 is 2.32 bits per heavy atom. The Bertz CT molecular complexity index is 1290. The van der Waals surface area contributed by atoms with Crippen LogP contribution < -0.4 is 4.80 Å². The molecule has 0 spiro atoms. The number of ether oxygens (including phenoxy) is 1. The first-order valence-corrected chi connectivity index (χ1v) is 12.2. The Morgan fingerprint density at radius 1 is 1.07 bits per heavy atom. The lowest BCUT2D eigenvalue weighted by Crippen LogP contribution is -2.19. The van der Waals surface area contributed by atoms with E-state index in [1.54, 1.807) is 10.6 Å². The SMILES string of the molecule is COCCn1/c(=N/S(=O)(=O)c2ccc(F)cc2)sc2cc(S(C)(=O)=O)ccc21. The highest BCUT2D eigenvalue weighted by molar-refractivity contribution is 7.90. The number of aromatic nitrogens is 1. The molecule has 0 bridgehead atoms. The number of rotatable bonds is 6. The largest absolute Gasteiger partial charge is 0.383 e. The highest BCUT2D eigenvalue weighted by Gasteiger charge is 2.16. The second kappa shape index (κ2) is 7.74. The lowest BCUT2D eigenvalue weighted by Gasteiger charge is -2.05. The summed E-state index contributed by atoms with van der Waals surface area (Å²) in [6, 6.07) is 8.94. The van der Waals surface area contributed by atoms with Crippen LogP contribution in [0.5, 0.6) is 0 Å². The van der Waals surface area contributed by atoms with E-state index < -0.39 is 25.7 Å². The van der Waals surface area contributed by atoms with E-state index >= 15 is 0 Å². The summed E-state index contributed by atoms with van der Waals surface area (Å²) in [6.45, 7) is 0.635. The zero-order chi connectivity index (χ0) is 20.5. The van der Waals surface area contributed by atoms with Gasteiger partial charge < -0.3 is 9.30 Å². The molecule has 0 saturated carbocycles. The molecule has 0 aliphatic rings. The Labute approximate surface area is 165 Å². The van der Waals surface area contributed by atoms with Crippen molar-refractivity contribution in [1.82, 2.24) is 4.57 Å². The first-order chi connectivity index (χ1) is 13.1. The lowest BCUT2D eigenvalue weighted by molar-refractivity contribution is 0.187. The van der Waals surface area contributed by atoms with Gasteiger partial charge in [-0.15, -0.1) is 4.40 Å². The van der Waals surface area contributed by atoms with Crippen molar-refractivity contribution in [2.75, 3.05) is 20.0 Å². The molecule has 0 fully saturated rings. The van der Waals surface area contributed by atoms with Gasteiger partial charge in [-0.1, -0.05) is 11.3 Å². The number of hydrogen-bond acceptors (Lipinski definition) is 6. The second-order valence-electron chi connectivity index (χ2n) is 5.95. The number of thiazole rings is 1. The van der Waals surface area contributed by atoms with E-state index in [0.717, 1.165) is 41.9 Å². The number of halogens is 1. The van der Waals surface area contributed by atoms with Gasteiger partial charge in [-0.05, 0) is 42.5 Å². The molecule has 0 unspecified atom stereocenters. The standard InChI is InChI=1S/C17H17FN2O5S3/c1-25-10-9-20-15-8-7-14(27(2,21)22)11-16(15)26-17(20)19-28(23,24)13-5-3-12(18)4-6-13/h3-8,11H,9-10H2,1-2H3/b19-17-. The molecule has 150 valence electrons. The van der Waals surface area contributed by atoms with E-state index in [-0.39, 0.29) is 14.6 Å². The number of hydrogen-bond donors (Lipinski definition) is 0. The summed E-state index contributed by atoms with van der Waals surface area (Å²) >= 11 is 1.05. The maximum absolute atomic E-state index is 13.1. The van der Waals surface area contributed by atoms with Crippen LogP contribution in [-0.2, 0) is 31.1 Å². The summed E-state index contributed by atoms with van der Waals surface area (Å²) in [5.41, 5.74) is 0.641. The minimum absolute atomic E-state index is 0.132. The van der Waals surface area contributed by atoms with E-state index in [4.69, 9.17) is 4.74 Å². The molecule has 0 amide bonds. The molecule has 1 heterocycles. The van der Waals surface area contributed by atoms with Crippen molar-refractivity contribution in [2.24, 2.45) is 4.40 Å². The van der Waals surface area contributed by atoms with E-state index in [1.807, 2.05) is 0 Å². The molecular formula is C17H17FN2O5S3. The van der Waals surface area contributed by atoms with Crippen molar-refractivity contribution < 1.29 is 26.0 Å². The quantitative estimate of drug-likeness (QED) is 0.581. The predicted molar refractivity (Wildman–Crippen MR) is 104 cm³/mol. The van der Waals surface area contributed by atoms with Crippen LogP contribution in [0.15, 0.2) is 56.7 Å². The number of benzene rings is 2. The fourth-order valence-electron chi connectivity index (χ4n) is 2.51. The van der Waals surface area contributed by atoms with Crippen molar-refractivity contribution in [3.8, 4) is 0 Å². The van der Waals surface area contributed by atoms with E-state index in [9.17, 15) is 21.2 Å². The summed E-state index contributed by atoms with van der Waals surface area (Å²) in [5, 5.41) is 0. The van der Waals surface area contributed by atoms with Gasteiger partial charge in [-0.3, -0.25) is 0 Å². The van der Waals surface area contributed by atoms with Crippen molar-refractivity contribution in [3.63, 3.8) is 0 Å². The maximum atomic E-state index is 13.1. The molecule has 0 atom stereocenters. The molecule has 0 saturated heterocycles. The predicted octanol–water partition coefficient (Wildman–Crippen LogP) is 2.18. The molecule has 7 nitrogen and oxygen atoms in total. The number of sulfone groups is 1. The van der Waals surface area contributed by atoms with E-state index in [2.05, 4.69) is 4.40 Å². The molecule has 11 heteroatoms. The molecule has 1 aromatic heterocycles. The minimum Gasteiger partial charge on any atom is -0.383 e.